The van der Waals surface area contributed by atoms with Crippen molar-refractivity contribution in [2.75, 3.05) is 6.61 Å². The van der Waals surface area contributed by atoms with E-state index in [1.165, 1.54) is 5.56 Å². The number of carbonyl (C=O) groups is 2. The summed E-state index contributed by atoms with van der Waals surface area (Å²) in [7, 11) is 0. The Kier molecular flexibility index (Phi) is 11.2. The van der Waals surface area contributed by atoms with E-state index in [1.54, 1.807) is 36.4 Å². The molecule has 0 saturated heterocycles. The fourth-order valence-electron chi connectivity index (χ4n) is 3.99. The number of fused-ring (bicyclic) bond motifs is 1. The zero-order chi connectivity index (χ0) is 23.4. The van der Waals surface area contributed by atoms with E-state index in [0.717, 1.165) is 6.42 Å². The van der Waals surface area contributed by atoms with Crippen LogP contribution in [-0.2, 0) is 4.79 Å². The average Bonchev–Trinajstić information content (AvgIpc) is 2.83. The van der Waals surface area contributed by atoms with Crippen LogP contribution >= 0.6 is 25.1 Å². The Morgan fingerprint density at radius 3 is 2.46 bits per heavy atom. The number of carboxylic acids is 1. The van der Waals surface area contributed by atoms with Crippen LogP contribution in [0.2, 0.25) is 5.02 Å². The van der Waals surface area contributed by atoms with E-state index in [-0.39, 0.29) is 60.5 Å². The van der Waals surface area contributed by atoms with E-state index in [4.69, 9.17) is 21.1 Å². The summed E-state index contributed by atoms with van der Waals surface area (Å²) >= 11 is 6.34. The molecule has 3 aromatic carbocycles. The number of halogens is 1. The molecule has 3 aromatic rings. The monoisotopic (exact) mass is 520 g/mol. The molecule has 0 amide bonds. The molecule has 0 bridgehead atoms. The van der Waals surface area contributed by atoms with Crippen molar-refractivity contribution in [1.29, 1.82) is 0 Å². The van der Waals surface area contributed by atoms with E-state index < -0.39 is 11.9 Å². The fraction of sp³-hybridized carbons (Fsp3) is 0.259. The largest absolute Gasteiger partial charge is 1.00 e. The Bertz CT molecular complexity index is 1150. The van der Waals surface area contributed by atoms with Gasteiger partial charge in [-0.25, -0.2) is 0 Å². The number of benzene rings is 3. The van der Waals surface area contributed by atoms with Gasteiger partial charge in [0.1, 0.15) is 17.2 Å². The molecule has 8 heteroatoms. The normalized spacial score (nSPS) is 14.9. The standard InChI is InChI=1S/C27H25ClO5.Na.H2S/c1-17(18-5-3-2-4-6-18)7-12-24(29)19-8-10-20(11-9-19)33-26-16-25-22(15-23(26)28)21(27(30)31)13-14-32-25;;/h2-6,8-11,15-17,21H,7,12-14H2,1H3,(H,30,31);;1H2/q;+1;/p-1/t17-,21?;;/m1../s1. The van der Waals surface area contributed by atoms with Gasteiger partial charge in [-0.3, -0.25) is 4.79 Å². The van der Waals surface area contributed by atoms with Gasteiger partial charge in [-0.1, -0.05) is 48.9 Å². The molecule has 0 fully saturated rings. The van der Waals surface area contributed by atoms with Crippen molar-refractivity contribution >= 4 is 36.8 Å². The minimum atomic E-state index is -1.15. The molecule has 1 aliphatic heterocycles. The predicted octanol–water partition coefficient (Wildman–Crippen LogP) is 2.63. The number of hydrogen-bond donors (Lipinski definition) is 0. The molecule has 0 saturated carbocycles. The number of rotatable bonds is 8. The number of hydrogen-bond acceptors (Lipinski definition) is 5. The van der Waals surface area contributed by atoms with Crippen molar-refractivity contribution in [2.24, 2.45) is 0 Å². The van der Waals surface area contributed by atoms with Gasteiger partial charge in [-0.05, 0) is 54.7 Å². The van der Waals surface area contributed by atoms with Crippen LogP contribution in [-0.4, -0.2) is 18.4 Å². The first-order chi connectivity index (χ1) is 15.9. The molecule has 2 atom stereocenters. The molecular weight excluding hydrogens is 495 g/mol. The zero-order valence-electron chi connectivity index (χ0n) is 19.8. The second kappa shape index (κ2) is 13.4. The summed E-state index contributed by atoms with van der Waals surface area (Å²) in [6.45, 7) is 2.41. The molecule has 1 aliphatic rings. The van der Waals surface area contributed by atoms with Gasteiger partial charge >= 0.3 is 29.6 Å². The van der Waals surface area contributed by atoms with Gasteiger partial charge < -0.3 is 19.4 Å². The minimum absolute atomic E-state index is 0. The molecule has 4 rings (SSSR count). The third kappa shape index (κ3) is 7.28. The second-order valence-corrected chi connectivity index (χ2v) is 8.64. The second-order valence-electron chi connectivity index (χ2n) is 8.23. The fourth-order valence-corrected chi connectivity index (χ4v) is 4.20. The summed E-state index contributed by atoms with van der Waals surface area (Å²) in [6.07, 6.45) is 1.58. The SMILES string of the molecule is C[C@H](CCC(=O)c1ccc(Oc2cc3c(cc2Cl)C(C(=O)[O-])CCO3)cc1)c1ccccc1.S.[Na+]. The number of ether oxygens (including phenoxy) is 2. The summed E-state index contributed by atoms with van der Waals surface area (Å²) in [5, 5.41) is 11.7. The van der Waals surface area contributed by atoms with Crippen molar-refractivity contribution in [1.82, 2.24) is 0 Å². The van der Waals surface area contributed by atoms with Crippen LogP contribution in [0.1, 0.15) is 59.5 Å². The van der Waals surface area contributed by atoms with Crippen molar-refractivity contribution in [3.63, 3.8) is 0 Å². The quantitative estimate of drug-likeness (QED) is 0.337. The number of Topliss-reactive ketones (excluding diaryl/α,β-unsaturated/α-hetero) is 1. The maximum atomic E-state index is 12.6. The van der Waals surface area contributed by atoms with Gasteiger partial charge in [0.05, 0.1) is 11.6 Å². The van der Waals surface area contributed by atoms with Gasteiger partial charge in [0.15, 0.2) is 5.78 Å². The van der Waals surface area contributed by atoms with E-state index in [0.29, 0.717) is 47.1 Å². The van der Waals surface area contributed by atoms with Gasteiger partial charge in [0.25, 0.3) is 0 Å². The van der Waals surface area contributed by atoms with Gasteiger partial charge in [-0.2, -0.15) is 13.5 Å². The zero-order valence-corrected chi connectivity index (χ0v) is 23.5. The minimum Gasteiger partial charge on any atom is -0.549 e. The van der Waals surface area contributed by atoms with Crippen LogP contribution < -0.4 is 44.1 Å². The first kappa shape index (κ1) is 29.3. The number of ketones is 1. The summed E-state index contributed by atoms with van der Waals surface area (Å²) in [5.74, 6) is -0.226. The van der Waals surface area contributed by atoms with Crippen molar-refractivity contribution in [2.45, 2.75) is 38.0 Å². The van der Waals surface area contributed by atoms with E-state index in [2.05, 4.69) is 19.1 Å². The Hall–Kier alpha value is -1.96. The Morgan fingerprint density at radius 1 is 1.11 bits per heavy atom. The summed E-state index contributed by atoms with van der Waals surface area (Å²) in [6, 6.07) is 20.2. The topological polar surface area (TPSA) is 75.7 Å². The third-order valence-corrected chi connectivity index (χ3v) is 6.26. The molecule has 0 N–H and O–H groups in total. The van der Waals surface area contributed by atoms with Crippen LogP contribution in [0, 0.1) is 0 Å². The predicted molar refractivity (Wildman–Crippen MR) is 135 cm³/mol. The van der Waals surface area contributed by atoms with E-state index in [9.17, 15) is 14.7 Å². The molecule has 35 heavy (non-hydrogen) atoms. The Morgan fingerprint density at radius 2 is 1.80 bits per heavy atom. The smallest absolute Gasteiger partial charge is 0.549 e. The van der Waals surface area contributed by atoms with Gasteiger partial charge in [0, 0.05) is 35.5 Å². The molecule has 1 heterocycles. The number of aliphatic carboxylic acids is 1. The van der Waals surface area contributed by atoms with Crippen LogP contribution in [0.3, 0.4) is 0 Å². The molecule has 1 unspecified atom stereocenters. The average molecular weight is 521 g/mol. The molecule has 0 aliphatic carbocycles. The molecular formula is C27H26ClNaO5S. The summed E-state index contributed by atoms with van der Waals surface area (Å²) in [5.41, 5.74) is 2.34. The molecule has 5 nitrogen and oxygen atoms in total. The summed E-state index contributed by atoms with van der Waals surface area (Å²) in [4.78, 5) is 24.0. The molecule has 0 radical (unpaired) electrons. The number of carbonyl (C=O) groups excluding carboxylic acids is 2. The maximum Gasteiger partial charge on any atom is 1.00 e. The Balaban J connectivity index is 0.00000216. The summed E-state index contributed by atoms with van der Waals surface area (Å²) < 4.78 is 11.5. The number of carboxylic acid groups (broad SMARTS) is 1. The first-order valence-electron chi connectivity index (χ1n) is 11.0. The van der Waals surface area contributed by atoms with Gasteiger partial charge in [0.2, 0.25) is 0 Å². The van der Waals surface area contributed by atoms with Crippen molar-refractivity contribution < 1.29 is 53.7 Å². The molecule has 178 valence electrons. The van der Waals surface area contributed by atoms with Crippen LogP contribution in [0.15, 0.2) is 66.7 Å². The van der Waals surface area contributed by atoms with Gasteiger partial charge in [-0.15, -0.1) is 0 Å². The van der Waals surface area contributed by atoms with Crippen LogP contribution in [0.4, 0.5) is 0 Å². The molecule has 0 spiro atoms. The van der Waals surface area contributed by atoms with E-state index in [1.807, 2.05) is 18.2 Å². The third-order valence-electron chi connectivity index (χ3n) is 5.97. The van der Waals surface area contributed by atoms with Crippen LogP contribution in [0.25, 0.3) is 0 Å². The molecule has 0 aromatic heterocycles. The van der Waals surface area contributed by atoms with E-state index >= 15 is 0 Å². The Labute approximate surface area is 239 Å². The van der Waals surface area contributed by atoms with Crippen molar-refractivity contribution in [3.8, 4) is 17.2 Å². The van der Waals surface area contributed by atoms with Crippen molar-refractivity contribution in [3.05, 3.63) is 88.4 Å². The maximum absolute atomic E-state index is 12.6. The van der Waals surface area contributed by atoms with Crippen LogP contribution in [0.5, 0.6) is 17.2 Å². The first-order valence-corrected chi connectivity index (χ1v) is 11.3.